The number of hydrogen-bond acceptors (Lipinski definition) is 3. The van der Waals surface area contributed by atoms with Crippen molar-refractivity contribution in [3.8, 4) is 0 Å². The average Bonchev–Trinajstić information content (AvgIpc) is 2.54. The molecule has 128 valence electrons. The predicted octanol–water partition coefficient (Wildman–Crippen LogP) is 2.80. The van der Waals surface area contributed by atoms with Gasteiger partial charge < -0.3 is 11.1 Å². The molecule has 1 aliphatic carbocycles. The summed E-state index contributed by atoms with van der Waals surface area (Å²) in [6, 6.07) is 9.00. The number of carbonyl (C=O) groups excluding carboxylic acids is 1. The van der Waals surface area contributed by atoms with E-state index in [9.17, 15) is 4.79 Å². The molecule has 0 heterocycles. The summed E-state index contributed by atoms with van der Waals surface area (Å²) in [5, 5.41) is 2.99. The molecule has 1 saturated carbocycles. The maximum Gasteiger partial charge on any atom is 0.221 e. The standard InChI is InChI=1S/C19H31N3O/c1-15(20)12-19(23)21-13-16-8-6-7-9-17(16)14-22(2)18-10-4-3-5-11-18/h6-9,15,18H,3-5,10-14,20H2,1-2H3,(H,21,23). The van der Waals surface area contributed by atoms with Crippen molar-refractivity contribution in [3.05, 3.63) is 35.4 Å². The molecule has 1 fully saturated rings. The number of amides is 1. The smallest absolute Gasteiger partial charge is 0.221 e. The van der Waals surface area contributed by atoms with E-state index < -0.39 is 0 Å². The summed E-state index contributed by atoms with van der Waals surface area (Å²) in [6.45, 7) is 3.39. The molecule has 1 aromatic carbocycles. The molecule has 1 atom stereocenters. The largest absolute Gasteiger partial charge is 0.352 e. The van der Waals surface area contributed by atoms with Gasteiger partial charge in [-0.15, -0.1) is 0 Å². The van der Waals surface area contributed by atoms with Crippen molar-refractivity contribution in [1.29, 1.82) is 0 Å². The molecule has 1 amide bonds. The number of nitrogens with one attached hydrogen (secondary N) is 1. The number of hydrogen-bond donors (Lipinski definition) is 2. The summed E-state index contributed by atoms with van der Waals surface area (Å²) < 4.78 is 0. The van der Waals surface area contributed by atoms with E-state index in [1.807, 2.05) is 13.0 Å². The van der Waals surface area contributed by atoms with Crippen molar-refractivity contribution in [3.63, 3.8) is 0 Å². The second-order valence-electron chi connectivity index (χ2n) is 6.93. The predicted molar refractivity (Wildman–Crippen MR) is 94.9 cm³/mol. The molecule has 4 nitrogen and oxygen atoms in total. The van der Waals surface area contributed by atoms with E-state index in [1.165, 1.54) is 43.2 Å². The highest BCUT2D eigenvalue weighted by atomic mass is 16.1. The van der Waals surface area contributed by atoms with Crippen molar-refractivity contribution in [2.45, 2.75) is 70.6 Å². The minimum atomic E-state index is -0.0947. The van der Waals surface area contributed by atoms with E-state index in [2.05, 4.69) is 35.5 Å². The fourth-order valence-electron chi connectivity index (χ4n) is 3.36. The van der Waals surface area contributed by atoms with Gasteiger partial charge in [-0.1, -0.05) is 43.5 Å². The first-order chi connectivity index (χ1) is 11.1. The molecule has 23 heavy (non-hydrogen) atoms. The van der Waals surface area contributed by atoms with Crippen LogP contribution in [-0.4, -0.2) is 29.9 Å². The van der Waals surface area contributed by atoms with Crippen LogP contribution in [0.1, 0.15) is 56.6 Å². The normalized spacial score (nSPS) is 17.2. The Morgan fingerprint density at radius 2 is 1.91 bits per heavy atom. The lowest BCUT2D eigenvalue weighted by molar-refractivity contribution is -0.121. The Hall–Kier alpha value is -1.39. The highest BCUT2D eigenvalue weighted by Gasteiger charge is 2.18. The molecule has 0 bridgehead atoms. The van der Waals surface area contributed by atoms with Gasteiger partial charge in [0.1, 0.15) is 0 Å². The second-order valence-corrected chi connectivity index (χ2v) is 6.93. The van der Waals surface area contributed by atoms with E-state index in [-0.39, 0.29) is 11.9 Å². The zero-order valence-electron chi connectivity index (χ0n) is 14.6. The van der Waals surface area contributed by atoms with Crippen LogP contribution in [0.5, 0.6) is 0 Å². The van der Waals surface area contributed by atoms with Gasteiger partial charge in [0.05, 0.1) is 0 Å². The summed E-state index contributed by atoms with van der Waals surface area (Å²) in [6.07, 6.45) is 7.08. The number of benzene rings is 1. The summed E-state index contributed by atoms with van der Waals surface area (Å²) in [7, 11) is 2.22. The van der Waals surface area contributed by atoms with Crippen LogP contribution in [0.2, 0.25) is 0 Å². The van der Waals surface area contributed by atoms with Gasteiger partial charge in [-0.25, -0.2) is 0 Å². The van der Waals surface area contributed by atoms with Crippen molar-refractivity contribution < 1.29 is 4.79 Å². The summed E-state index contributed by atoms with van der Waals surface area (Å²) >= 11 is 0. The van der Waals surface area contributed by atoms with Crippen LogP contribution in [0.4, 0.5) is 0 Å². The molecule has 0 aliphatic heterocycles. The molecule has 1 aliphatic rings. The molecule has 0 radical (unpaired) electrons. The van der Waals surface area contributed by atoms with Crippen molar-refractivity contribution in [2.24, 2.45) is 5.73 Å². The first-order valence-corrected chi connectivity index (χ1v) is 8.85. The number of nitrogens with two attached hydrogens (primary N) is 1. The topological polar surface area (TPSA) is 58.4 Å². The molecule has 1 unspecified atom stereocenters. The Bertz CT molecular complexity index is 495. The van der Waals surface area contributed by atoms with Crippen LogP contribution in [0.3, 0.4) is 0 Å². The fraction of sp³-hybridized carbons (Fsp3) is 0.632. The quantitative estimate of drug-likeness (QED) is 0.813. The lowest BCUT2D eigenvalue weighted by atomic mass is 9.94. The third-order valence-electron chi connectivity index (χ3n) is 4.72. The molecular weight excluding hydrogens is 286 g/mol. The molecule has 0 aromatic heterocycles. The lowest BCUT2D eigenvalue weighted by Gasteiger charge is -2.31. The van der Waals surface area contributed by atoms with Crippen LogP contribution in [0.25, 0.3) is 0 Å². The van der Waals surface area contributed by atoms with Crippen molar-refractivity contribution >= 4 is 5.91 Å². The van der Waals surface area contributed by atoms with E-state index in [4.69, 9.17) is 5.73 Å². The summed E-state index contributed by atoms with van der Waals surface area (Å²) in [5.41, 5.74) is 8.18. The third kappa shape index (κ3) is 5.96. The second kappa shape index (κ2) is 9.04. The SMILES string of the molecule is CC(N)CC(=O)NCc1ccccc1CN(C)C1CCCCC1. The molecule has 0 saturated heterocycles. The minimum Gasteiger partial charge on any atom is -0.352 e. The van der Waals surface area contributed by atoms with Crippen molar-refractivity contribution in [2.75, 3.05) is 7.05 Å². The number of rotatable bonds is 7. The molecule has 1 aromatic rings. The first-order valence-electron chi connectivity index (χ1n) is 8.85. The van der Waals surface area contributed by atoms with E-state index in [0.29, 0.717) is 19.0 Å². The average molecular weight is 317 g/mol. The van der Waals surface area contributed by atoms with Crippen LogP contribution in [-0.2, 0) is 17.9 Å². The maximum atomic E-state index is 11.8. The summed E-state index contributed by atoms with van der Waals surface area (Å²) in [4.78, 5) is 14.3. The maximum absolute atomic E-state index is 11.8. The monoisotopic (exact) mass is 317 g/mol. The number of nitrogens with zero attached hydrogens (tertiary/aromatic N) is 1. The van der Waals surface area contributed by atoms with Gasteiger partial charge in [0.25, 0.3) is 0 Å². The zero-order valence-corrected chi connectivity index (χ0v) is 14.6. The van der Waals surface area contributed by atoms with Crippen LogP contribution >= 0.6 is 0 Å². The Balaban J connectivity index is 1.92. The highest BCUT2D eigenvalue weighted by Crippen LogP contribution is 2.23. The fourth-order valence-corrected chi connectivity index (χ4v) is 3.36. The van der Waals surface area contributed by atoms with E-state index in [1.54, 1.807) is 0 Å². The van der Waals surface area contributed by atoms with Crippen LogP contribution in [0.15, 0.2) is 24.3 Å². The highest BCUT2D eigenvalue weighted by molar-refractivity contribution is 5.76. The molecule has 3 N–H and O–H groups in total. The molecular formula is C19H31N3O. The van der Waals surface area contributed by atoms with E-state index in [0.717, 1.165) is 6.54 Å². The molecule has 2 rings (SSSR count). The van der Waals surface area contributed by atoms with Gasteiger partial charge in [0.2, 0.25) is 5.91 Å². The van der Waals surface area contributed by atoms with E-state index >= 15 is 0 Å². The van der Waals surface area contributed by atoms with Crippen molar-refractivity contribution in [1.82, 2.24) is 10.2 Å². The van der Waals surface area contributed by atoms with Gasteiger partial charge in [0.15, 0.2) is 0 Å². The Labute approximate surface area is 140 Å². The summed E-state index contributed by atoms with van der Waals surface area (Å²) in [5.74, 6) is 0.0236. The third-order valence-corrected chi connectivity index (χ3v) is 4.72. The van der Waals surface area contributed by atoms with Crippen LogP contribution < -0.4 is 11.1 Å². The molecule has 0 spiro atoms. The van der Waals surface area contributed by atoms with Gasteiger partial charge in [0, 0.05) is 31.6 Å². The first kappa shape index (κ1) is 18.0. The van der Waals surface area contributed by atoms with Gasteiger partial charge in [-0.3, -0.25) is 9.69 Å². The van der Waals surface area contributed by atoms with Crippen LogP contribution in [0, 0.1) is 0 Å². The minimum absolute atomic E-state index is 0.0236. The Kier molecular flexibility index (Phi) is 7.06. The Morgan fingerprint density at radius 1 is 1.26 bits per heavy atom. The number of carbonyl (C=O) groups is 1. The van der Waals surface area contributed by atoms with Gasteiger partial charge in [-0.2, -0.15) is 0 Å². The molecule has 4 heteroatoms. The zero-order chi connectivity index (χ0) is 16.7. The van der Waals surface area contributed by atoms with Gasteiger partial charge in [-0.05, 0) is 37.9 Å². The Morgan fingerprint density at radius 3 is 2.57 bits per heavy atom. The van der Waals surface area contributed by atoms with Gasteiger partial charge >= 0.3 is 0 Å². The lowest BCUT2D eigenvalue weighted by Crippen LogP contribution is -2.33.